The second kappa shape index (κ2) is 7.16. The normalized spacial score (nSPS) is 11.4. The van der Waals surface area contributed by atoms with Gasteiger partial charge in [-0.25, -0.2) is 18.2 Å². The summed E-state index contributed by atoms with van der Waals surface area (Å²) in [5.74, 6) is -0.107. The summed E-state index contributed by atoms with van der Waals surface area (Å²) in [5.41, 5.74) is 0. The van der Waals surface area contributed by atoms with Crippen molar-refractivity contribution in [2.75, 3.05) is 18.8 Å². The van der Waals surface area contributed by atoms with Crippen LogP contribution in [0.4, 0.5) is 4.79 Å². The highest BCUT2D eigenvalue weighted by Gasteiger charge is 2.23. The zero-order valence-electron chi connectivity index (χ0n) is 12.3. The first-order valence-corrected chi connectivity index (χ1v) is 8.12. The number of carbonyl (C=O) groups is 1. The lowest BCUT2D eigenvalue weighted by Crippen LogP contribution is -2.35. The summed E-state index contributed by atoms with van der Waals surface area (Å²) in [6.07, 6.45) is 4.23. The monoisotopic (exact) mass is 312 g/mol. The Morgan fingerprint density at radius 3 is 2.43 bits per heavy atom. The highest BCUT2D eigenvalue weighted by molar-refractivity contribution is 7.91. The van der Waals surface area contributed by atoms with E-state index in [9.17, 15) is 13.2 Å². The molecule has 0 bridgehead atoms. The molecule has 0 atom stereocenters. The number of hydrogen-bond acceptors (Lipinski definition) is 5. The molecule has 0 saturated carbocycles. The van der Waals surface area contributed by atoms with E-state index < -0.39 is 15.9 Å². The van der Waals surface area contributed by atoms with Crippen molar-refractivity contribution in [2.45, 2.75) is 19.0 Å². The molecular weight excluding hydrogens is 292 g/mol. The van der Waals surface area contributed by atoms with Crippen molar-refractivity contribution in [1.82, 2.24) is 19.7 Å². The summed E-state index contributed by atoms with van der Waals surface area (Å²) < 4.78 is 24.9. The Bertz CT molecular complexity index is 609. The molecule has 21 heavy (non-hydrogen) atoms. The van der Waals surface area contributed by atoms with Gasteiger partial charge in [0.2, 0.25) is 9.84 Å². The molecule has 116 valence electrons. The van der Waals surface area contributed by atoms with Gasteiger partial charge in [-0.15, -0.1) is 18.3 Å². The third kappa shape index (κ3) is 4.52. The molecule has 1 rings (SSSR count). The van der Waals surface area contributed by atoms with Crippen LogP contribution in [0.1, 0.15) is 13.8 Å². The van der Waals surface area contributed by atoms with Gasteiger partial charge in [-0.3, -0.25) is 0 Å². The molecule has 0 aliphatic carbocycles. The van der Waals surface area contributed by atoms with Crippen LogP contribution in [0.3, 0.4) is 0 Å². The fourth-order valence-corrected chi connectivity index (χ4v) is 3.13. The standard InChI is InChI=1S/C13H20N4O3S/c1-5-7-16(8-6-2)13(18)17-10-14-12(15-17)21(19,20)9-11(3)4/h5-6,10-11H,1-2,7-9H2,3-4H3. The molecule has 0 unspecified atom stereocenters. The second-order valence-corrected chi connectivity index (χ2v) is 6.84. The summed E-state index contributed by atoms with van der Waals surface area (Å²) in [5, 5.41) is 3.45. The summed E-state index contributed by atoms with van der Waals surface area (Å²) in [4.78, 5) is 17.3. The van der Waals surface area contributed by atoms with E-state index in [2.05, 4.69) is 23.2 Å². The van der Waals surface area contributed by atoms with E-state index in [1.807, 2.05) is 0 Å². The van der Waals surface area contributed by atoms with Crippen molar-refractivity contribution in [3.05, 3.63) is 31.6 Å². The van der Waals surface area contributed by atoms with E-state index in [-0.39, 0.29) is 16.8 Å². The molecule has 0 aliphatic heterocycles. The van der Waals surface area contributed by atoms with Gasteiger partial charge in [-0.2, -0.15) is 4.68 Å². The largest absolute Gasteiger partial charge is 0.346 e. The molecule has 0 fully saturated rings. The van der Waals surface area contributed by atoms with E-state index in [4.69, 9.17) is 0 Å². The van der Waals surface area contributed by atoms with Gasteiger partial charge in [0.25, 0.3) is 5.16 Å². The average Bonchev–Trinajstić information content (AvgIpc) is 2.86. The van der Waals surface area contributed by atoms with Gasteiger partial charge in [0.15, 0.2) is 0 Å². The third-order valence-corrected chi connectivity index (χ3v) is 4.32. The molecule has 0 spiro atoms. The van der Waals surface area contributed by atoms with Gasteiger partial charge in [0.05, 0.1) is 5.75 Å². The Balaban J connectivity index is 2.99. The van der Waals surface area contributed by atoms with E-state index in [0.717, 1.165) is 11.0 Å². The van der Waals surface area contributed by atoms with Gasteiger partial charge < -0.3 is 4.90 Å². The second-order valence-electron chi connectivity index (χ2n) is 4.91. The van der Waals surface area contributed by atoms with Gasteiger partial charge in [-0.1, -0.05) is 26.0 Å². The van der Waals surface area contributed by atoms with Crippen LogP contribution >= 0.6 is 0 Å². The van der Waals surface area contributed by atoms with Crippen LogP contribution in [-0.4, -0.2) is 53.0 Å². The number of nitrogens with zero attached hydrogens (tertiary/aromatic N) is 4. The van der Waals surface area contributed by atoms with Crippen molar-refractivity contribution in [3.8, 4) is 0 Å². The molecule has 7 nitrogen and oxygen atoms in total. The maximum Gasteiger partial charge on any atom is 0.346 e. The maximum absolute atomic E-state index is 12.2. The third-order valence-electron chi connectivity index (χ3n) is 2.47. The molecular formula is C13H20N4O3S. The van der Waals surface area contributed by atoms with Crippen LogP contribution in [0.15, 0.2) is 36.8 Å². The van der Waals surface area contributed by atoms with Gasteiger partial charge >= 0.3 is 6.03 Å². The van der Waals surface area contributed by atoms with Crippen molar-refractivity contribution in [2.24, 2.45) is 5.92 Å². The first-order valence-electron chi connectivity index (χ1n) is 6.47. The van der Waals surface area contributed by atoms with Crippen molar-refractivity contribution in [3.63, 3.8) is 0 Å². The van der Waals surface area contributed by atoms with Gasteiger partial charge in [0.1, 0.15) is 6.33 Å². The zero-order valence-corrected chi connectivity index (χ0v) is 13.1. The lowest BCUT2D eigenvalue weighted by Gasteiger charge is -2.17. The molecule has 0 aromatic carbocycles. The number of carbonyl (C=O) groups excluding carboxylic acids is 1. The minimum atomic E-state index is -3.58. The number of amides is 1. The molecule has 0 saturated heterocycles. The van der Waals surface area contributed by atoms with E-state index >= 15 is 0 Å². The fraction of sp³-hybridized carbons (Fsp3) is 0.462. The SMILES string of the molecule is C=CCN(CC=C)C(=O)n1cnc(S(=O)(=O)CC(C)C)n1. The fourth-order valence-electron chi connectivity index (χ4n) is 1.68. The zero-order chi connectivity index (χ0) is 16.0. The highest BCUT2D eigenvalue weighted by atomic mass is 32.2. The molecule has 1 heterocycles. The van der Waals surface area contributed by atoms with Crippen LogP contribution in [-0.2, 0) is 9.84 Å². The average molecular weight is 312 g/mol. The summed E-state index contributed by atoms with van der Waals surface area (Å²) in [6.45, 7) is 11.3. The predicted octanol–water partition coefficient (Wildman–Crippen LogP) is 1.35. The molecule has 1 aromatic rings. The topological polar surface area (TPSA) is 85.2 Å². The number of aromatic nitrogens is 3. The number of hydrogen-bond donors (Lipinski definition) is 0. The van der Waals surface area contributed by atoms with Gasteiger partial charge in [0, 0.05) is 13.1 Å². The highest BCUT2D eigenvalue weighted by Crippen LogP contribution is 2.09. The quantitative estimate of drug-likeness (QED) is 0.709. The minimum absolute atomic E-state index is 0.0457. The Morgan fingerprint density at radius 1 is 1.38 bits per heavy atom. The molecule has 0 radical (unpaired) electrons. The van der Waals surface area contributed by atoms with Crippen LogP contribution in [0.2, 0.25) is 0 Å². The lowest BCUT2D eigenvalue weighted by molar-refractivity contribution is 0.206. The predicted molar refractivity (Wildman–Crippen MR) is 79.7 cm³/mol. The molecule has 1 aromatic heterocycles. The van der Waals surface area contributed by atoms with Crippen LogP contribution in [0.5, 0.6) is 0 Å². The van der Waals surface area contributed by atoms with Crippen LogP contribution < -0.4 is 0 Å². The Kier molecular flexibility index (Phi) is 5.83. The maximum atomic E-state index is 12.2. The van der Waals surface area contributed by atoms with E-state index in [1.165, 1.54) is 4.90 Å². The number of rotatable bonds is 7. The Hall–Kier alpha value is -1.96. The smallest absolute Gasteiger partial charge is 0.315 e. The Morgan fingerprint density at radius 2 is 1.95 bits per heavy atom. The van der Waals surface area contributed by atoms with Crippen molar-refractivity contribution >= 4 is 15.9 Å². The molecule has 8 heteroatoms. The van der Waals surface area contributed by atoms with Crippen molar-refractivity contribution in [1.29, 1.82) is 0 Å². The number of sulfone groups is 1. The summed E-state index contributed by atoms with van der Waals surface area (Å²) in [6, 6.07) is -0.478. The van der Waals surface area contributed by atoms with E-state index in [0.29, 0.717) is 13.1 Å². The van der Waals surface area contributed by atoms with Crippen LogP contribution in [0.25, 0.3) is 0 Å². The first kappa shape index (κ1) is 17.1. The minimum Gasteiger partial charge on any atom is -0.315 e. The molecule has 0 aliphatic rings. The molecule has 1 amide bonds. The van der Waals surface area contributed by atoms with Crippen molar-refractivity contribution < 1.29 is 13.2 Å². The summed E-state index contributed by atoms with van der Waals surface area (Å²) in [7, 11) is -3.58. The van der Waals surface area contributed by atoms with E-state index in [1.54, 1.807) is 26.0 Å². The van der Waals surface area contributed by atoms with Crippen LogP contribution in [0, 0.1) is 5.92 Å². The summed E-state index contributed by atoms with van der Waals surface area (Å²) >= 11 is 0. The Labute approximate surface area is 124 Å². The first-order chi connectivity index (χ1) is 9.81. The molecule has 0 N–H and O–H groups in total. The van der Waals surface area contributed by atoms with Gasteiger partial charge in [-0.05, 0) is 5.92 Å². The lowest BCUT2D eigenvalue weighted by atomic mass is 10.3.